The van der Waals surface area contributed by atoms with Crippen molar-refractivity contribution < 1.29 is 35.7 Å². The van der Waals surface area contributed by atoms with Gasteiger partial charge in [0.15, 0.2) is 0 Å². The third-order valence-electron chi connectivity index (χ3n) is 8.78. The van der Waals surface area contributed by atoms with Crippen molar-refractivity contribution in [3.05, 3.63) is 148 Å². The van der Waals surface area contributed by atoms with Gasteiger partial charge in [0, 0.05) is 28.4 Å². The van der Waals surface area contributed by atoms with Crippen LogP contribution in [0.3, 0.4) is 0 Å². The minimum absolute atomic E-state index is 0.0175. The first-order valence-corrected chi connectivity index (χ1v) is 18.7. The van der Waals surface area contributed by atoms with E-state index in [1.165, 1.54) is 11.6 Å². The van der Waals surface area contributed by atoms with Gasteiger partial charge in [-0.2, -0.15) is 21.6 Å². The number of hydrogen-bond donors (Lipinski definition) is 3. The highest BCUT2D eigenvalue weighted by Crippen LogP contribution is 2.36. The van der Waals surface area contributed by atoms with Crippen LogP contribution in [-0.2, 0) is 32.9 Å². The van der Waals surface area contributed by atoms with E-state index in [0.29, 0.717) is 16.8 Å². The van der Waals surface area contributed by atoms with Crippen LogP contribution >= 0.6 is 11.6 Å². The number of halogens is 4. The Balaban J connectivity index is 1.37. The van der Waals surface area contributed by atoms with Crippen LogP contribution in [0, 0.1) is 0 Å². The van der Waals surface area contributed by atoms with E-state index in [0.717, 1.165) is 34.4 Å². The Bertz CT molecular complexity index is 2180. The number of anilines is 1. The molecule has 1 unspecified atom stereocenters. The third kappa shape index (κ3) is 10.6. The fraction of sp³-hybridized carbons (Fsp3) is 0.220. The molecule has 3 N–H and O–H groups in total. The fourth-order valence-corrected chi connectivity index (χ4v) is 6.39. The molecule has 12 heteroatoms. The lowest BCUT2D eigenvalue weighted by Gasteiger charge is -2.20. The number of carbonyl (C=O) groups excluding carboxylic acids is 2. The first-order valence-electron chi connectivity index (χ1n) is 16.7. The van der Waals surface area contributed by atoms with Crippen LogP contribution in [0.4, 0.5) is 18.9 Å². The molecule has 0 fully saturated rings. The smallest absolute Gasteiger partial charge is 0.351 e. The number of carbonyl (C=O) groups is 2. The monoisotopic (exact) mass is 762 g/mol. The lowest BCUT2D eigenvalue weighted by Crippen LogP contribution is -2.28. The van der Waals surface area contributed by atoms with E-state index >= 15 is 0 Å². The molecule has 1 atom stereocenters. The summed E-state index contributed by atoms with van der Waals surface area (Å²) in [7, 11) is -4.22. The second-order valence-electron chi connectivity index (χ2n) is 13.7. The molecule has 0 aromatic heterocycles. The summed E-state index contributed by atoms with van der Waals surface area (Å²) < 4.78 is 70.3. The summed E-state index contributed by atoms with van der Waals surface area (Å²) in [5.74, 6) is -2.09. The molecule has 53 heavy (non-hydrogen) atoms. The van der Waals surface area contributed by atoms with Crippen molar-refractivity contribution in [2.45, 2.75) is 44.7 Å². The quantitative estimate of drug-likeness (QED) is 0.116. The van der Waals surface area contributed by atoms with Crippen LogP contribution in [0.2, 0.25) is 5.02 Å². The maximum atomic E-state index is 13.9. The molecule has 0 radical (unpaired) electrons. The molecule has 0 aliphatic heterocycles. The van der Waals surface area contributed by atoms with Gasteiger partial charge in [0.2, 0.25) is 5.91 Å². The van der Waals surface area contributed by atoms with Crippen LogP contribution in [0.15, 0.2) is 115 Å². The lowest BCUT2D eigenvalue weighted by atomic mass is 9.86. The van der Waals surface area contributed by atoms with Gasteiger partial charge in [-0.1, -0.05) is 111 Å². The van der Waals surface area contributed by atoms with Crippen LogP contribution in [0.1, 0.15) is 59.3 Å². The molecule has 0 saturated carbocycles. The second kappa shape index (κ2) is 16.0. The Labute approximate surface area is 312 Å². The first kappa shape index (κ1) is 39.2. The summed E-state index contributed by atoms with van der Waals surface area (Å²) in [6.07, 6.45) is -4.25. The van der Waals surface area contributed by atoms with E-state index in [9.17, 15) is 31.2 Å². The average Bonchev–Trinajstić information content (AvgIpc) is 3.10. The van der Waals surface area contributed by atoms with Crippen LogP contribution < -0.4 is 10.6 Å². The van der Waals surface area contributed by atoms with E-state index in [2.05, 4.69) is 55.7 Å². The van der Waals surface area contributed by atoms with Crippen molar-refractivity contribution in [3.63, 3.8) is 0 Å². The normalized spacial score (nSPS) is 12.6. The summed E-state index contributed by atoms with van der Waals surface area (Å²) in [5, 5.41) is 5.36. The first-order chi connectivity index (χ1) is 24.9. The predicted octanol–water partition coefficient (Wildman–Crippen LogP) is 9.57. The van der Waals surface area contributed by atoms with Gasteiger partial charge in [-0.15, -0.1) is 0 Å². The summed E-state index contributed by atoms with van der Waals surface area (Å²) >= 11 is 6.20. The third-order valence-corrected chi connectivity index (χ3v) is 9.81. The molecule has 5 aromatic rings. The number of rotatable bonds is 11. The van der Waals surface area contributed by atoms with Crippen LogP contribution in [-0.4, -0.2) is 37.1 Å². The van der Waals surface area contributed by atoms with Gasteiger partial charge in [-0.05, 0) is 81.6 Å². The highest BCUT2D eigenvalue weighted by Gasteiger charge is 2.31. The standard InChI is InChI=1S/C41H38ClF3N2O5S/c1-40(2,3)32-16-12-28(13-17-32)27-8-10-30(11-9-27)36(24-26-4-6-31(7-5-26)38(48)46-22-23-53(50,51)52)39(49)47-34-19-14-29(15-20-34)35-21-18-33(25-37(35)42)41(43,44)45/h4-21,25,36H,22-24H2,1-3H3,(H,46,48)(H,47,49)(H,50,51,52). The van der Waals surface area contributed by atoms with Gasteiger partial charge >= 0.3 is 6.18 Å². The Morgan fingerprint density at radius 1 is 0.755 bits per heavy atom. The number of alkyl halides is 3. The maximum absolute atomic E-state index is 13.9. The molecule has 5 rings (SSSR count). The minimum Gasteiger partial charge on any atom is -0.351 e. The van der Waals surface area contributed by atoms with Crippen LogP contribution in [0.5, 0.6) is 0 Å². The number of nitrogens with one attached hydrogen (secondary N) is 2. The zero-order valence-electron chi connectivity index (χ0n) is 29.2. The molecule has 7 nitrogen and oxygen atoms in total. The number of amides is 2. The maximum Gasteiger partial charge on any atom is 0.416 e. The summed E-state index contributed by atoms with van der Waals surface area (Å²) in [6, 6.07) is 32.5. The zero-order chi connectivity index (χ0) is 38.6. The fourth-order valence-electron chi connectivity index (χ4n) is 5.74. The predicted molar refractivity (Wildman–Crippen MR) is 203 cm³/mol. The van der Waals surface area contributed by atoms with E-state index in [4.69, 9.17) is 16.2 Å². The van der Waals surface area contributed by atoms with Crippen molar-refractivity contribution in [3.8, 4) is 22.3 Å². The van der Waals surface area contributed by atoms with Gasteiger partial charge in [-0.25, -0.2) is 0 Å². The molecule has 276 valence electrons. The van der Waals surface area contributed by atoms with Crippen LogP contribution in [0.25, 0.3) is 22.3 Å². The number of benzene rings is 5. The average molecular weight is 763 g/mol. The SMILES string of the molecule is CC(C)(C)c1ccc(-c2ccc(C(Cc3ccc(C(=O)NCCS(=O)(=O)O)cc3)C(=O)Nc3ccc(-c4ccc(C(F)(F)F)cc4Cl)cc3)cc2)cc1. The lowest BCUT2D eigenvalue weighted by molar-refractivity contribution is -0.137. The van der Waals surface area contributed by atoms with Crippen molar-refractivity contribution in [2.75, 3.05) is 17.6 Å². The second-order valence-corrected chi connectivity index (χ2v) is 15.7. The largest absolute Gasteiger partial charge is 0.416 e. The zero-order valence-corrected chi connectivity index (χ0v) is 30.7. The van der Waals surface area contributed by atoms with Gasteiger partial charge < -0.3 is 10.6 Å². The van der Waals surface area contributed by atoms with E-state index < -0.39 is 39.4 Å². The van der Waals surface area contributed by atoms with Crippen molar-refractivity contribution in [1.82, 2.24) is 5.32 Å². The van der Waals surface area contributed by atoms with Crippen molar-refractivity contribution in [2.24, 2.45) is 0 Å². The van der Waals surface area contributed by atoms with Crippen molar-refractivity contribution >= 4 is 39.2 Å². The highest BCUT2D eigenvalue weighted by atomic mass is 35.5. The van der Waals surface area contributed by atoms with Crippen molar-refractivity contribution in [1.29, 1.82) is 0 Å². The van der Waals surface area contributed by atoms with Gasteiger partial charge in [0.1, 0.15) is 0 Å². The molecule has 0 aliphatic carbocycles. The van der Waals surface area contributed by atoms with E-state index in [1.54, 1.807) is 48.5 Å². The highest BCUT2D eigenvalue weighted by molar-refractivity contribution is 7.85. The summed E-state index contributed by atoms with van der Waals surface area (Å²) in [4.78, 5) is 26.4. The van der Waals surface area contributed by atoms with Gasteiger partial charge in [0.25, 0.3) is 16.0 Å². The molecule has 0 spiro atoms. The van der Waals surface area contributed by atoms with Gasteiger partial charge in [0.05, 0.1) is 17.2 Å². The molecule has 5 aromatic carbocycles. The summed E-state index contributed by atoms with van der Waals surface area (Å²) in [5.41, 5.74) is 5.65. The van der Waals surface area contributed by atoms with E-state index in [-0.39, 0.29) is 34.9 Å². The molecule has 0 saturated heterocycles. The topological polar surface area (TPSA) is 113 Å². The summed E-state index contributed by atoms with van der Waals surface area (Å²) in [6.45, 7) is 6.21. The Morgan fingerprint density at radius 2 is 1.30 bits per heavy atom. The molecule has 0 heterocycles. The Kier molecular flexibility index (Phi) is 11.8. The Hall–Kier alpha value is -4.97. The minimum atomic E-state index is -4.52. The Morgan fingerprint density at radius 3 is 1.83 bits per heavy atom. The van der Waals surface area contributed by atoms with E-state index in [1.807, 2.05) is 24.3 Å². The molecular weight excluding hydrogens is 725 g/mol. The number of hydrogen-bond acceptors (Lipinski definition) is 4. The molecule has 0 bridgehead atoms. The molecule has 2 amide bonds. The molecular formula is C41H38ClF3N2O5S. The van der Waals surface area contributed by atoms with Gasteiger partial charge in [-0.3, -0.25) is 14.1 Å². The molecule has 0 aliphatic rings.